The van der Waals surface area contributed by atoms with Crippen LogP contribution in [0.15, 0.2) is 53.4 Å². The lowest BCUT2D eigenvalue weighted by Gasteiger charge is -2.34. The quantitative estimate of drug-likeness (QED) is 0.641. The second kappa shape index (κ2) is 10.2. The van der Waals surface area contributed by atoms with E-state index in [0.29, 0.717) is 32.2 Å². The van der Waals surface area contributed by atoms with E-state index in [2.05, 4.69) is 5.32 Å². The lowest BCUT2D eigenvalue weighted by atomic mass is 9.96. The molecule has 0 saturated carbocycles. The van der Waals surface area contributed by atoms with Crippen molar-refractivity contribution in [2.75, 3.05) is 25.0 Å². The van der Waals surface area contributed by atoms with E-state index < -0.39 is 39.6 Å². The highest BCUT2D eigenvalue weighted by Crippen LogP contribution is 2.35. The molecule has 2 aromatic carbocycles. The van der Waals surface area contributed by atoms with Crippen LogP contribution in [0.4, 0.5) is 18.9 Å². The molecule has 0 bridgehead atoms. The van der Waals surface area contributed by atoms with Gasteiger partial charge in [-0.2, -0.15) is 17.5 Å². The van der Waals surface area contributed by atoms with Crippen molar-refractivity contribution in [2.24, 2.45) is 5.92 Å². The number of amides is 2. The number of carbonyl (C=O) groups excluding carboxylic acids is 2. The predicted octanol–water partition coefficient (Wildman–Crippen LogP) is 4.04. The number of nitrogens with zero attached hydrogens (tertiary/aromatic N) is 2. The van der Waals surface area contributed by atoms with Crippen LogP contribution in [0, 0.1) is 12.8 Å². The number of anilines is 1. The number of alkyl halides is 3. The normalized spacial score (nSPS) is 19.9. The summed E-state index contributed by atoms with van der Waals surface area (Å²) in [6.07, 6.45) is -3.09. The van der Waals surface area contributed by atoms with Crippen LogP contribution in [0.2, 0.25) is 0 Å². The van der Waals surface area contributed by atoms with Gasteiger partial charge in [0, 0.05) is 25.6 Å². The molecule has 11 heteroatoms. The van der Waals surface area contributed by atoms with Crippen LogP contribution in [-0.4, -0.2) is 55.1 Å². The van der Waals surface area contributed by atoms with Gasteiger partial charge in [-0.25, -0.2) is 8.42 Å². The van der Waals surface area contributed by atoms with Crippen LogP contribution < -0.4 is 5.32 Å². The highest BCUT2D eigenvalue weighted by Gasteiger charge is 2.40. The van der Waals surface area contributed by atoms with Gasteiger partial charge in [0.15, 0.2) is 0 Å². The first kappa shape index (κ1) is 26.2. The zero-order valence-corrected chi connectivity index (χ0v) is 20.6. The summed E-state index contributed by atoms with van der Waals surface area (Å²) in [6, 6.07) is 10.4. The van der Waals surface area contributed by atoms with E-state index in [0.717, 1.165) is 11.6 Å². The number of sulfonamides is 1. The third kappa shape index (κ3) is 5.41. The molecule has 2 aliphatic heterocycles. The van der Waals surface area contributed by atoms with Crippen molar-refractivity contribution in [1.29, 1.82) is 0 Å². The minimum Gasteiger partial charge on any atom is -0.330 e. The van der Waals surface area contributed by atoms with Gasteiger partial charge in [-0.15, -0.1) is 0 Å². The molecule has 0 spiro atoms. The number of nitrogens with one attached hydrogen (secondary N) is 1. The molecule has 0 radical (unpaired) electrons. The van der Waals surface area contributed by atoms with Gasteiger partial charge in [-0.3, -0.25) is 9.59 Å². The molecule has 1 N–H and O–H groups in total. The van der Waals surface area contributed by atoms with Gasteiger partial charge in [-0.1, -0.05) is 29.8 Å². The molecule has 36 heavy (non-hydrogen) atoms. The Morgan fingerprint density at radius 2 is 1.58 bits per heavy atom. The second-order valence-corrected chi connectivity index (χ2v) is 11.2. The van der Waals surface area contributed by atoms with E-state index in [9.17, 15) is 31.2 Å². The van der Waals surface area contributed by atoms with Gasteiger partial charge in [0.2, 0.25) is 21.8 Å². The van der Waals surface area contributed by atoms with Crippen molar-refractivity contribution in [3.8, 4) is 0 Å². The number of carbonyl (C=O) groups is 2. The molecule has 1 unspecified atom stereocenters. The van der Waals surface area contributed by atoms with E-state index in [1.807, 2.05) is 6.92 Å². The summed E-state index contributed by atoms with van der Waals surface area (Å²) in [5.74, 6) is -1.37. The number of likely N-dealkylation sites (tertiary alicyclic amines) is 1. The molecule has 0 aliphatic carbocycles. The zero-order chi connectivity index (χ0) is 26.1. The molecule has 7 nitrogen and oxygen atoms in total. The molecule has 0 aromatic heterocycles. The fourth-order valence-corrected chi connectivity index (χ4v) is 6.27. The summed E-state index contributed by atoms with van der Waals surface area (Å²) in [6.45, 7) is 2.56. The standard InChI is InChI=1S/C25H28F3N3O4S/c1-17-8-10-19(11-9-17)36(34,35)30-15-12-18(13-16-30)24(33)31-14-4-7-22(31)23(32)29-21-6-3-2-5-20(21)25(26,27)28/h2-3,5-6,8-11,18,22H,4,7,12-16H2,1H3,(H,29,32). The fraction of sp³-hybridized carbons (Fsp3) is 0.440. The molecular formula is C25H28F3N3O4S. The predicted molar refractivity (Wildman–Crippen MR) is 127 cm³/mol. The molecule has 2 heterocycles. The van der Waals surface area contributed by atoms with Crippen molar-refractivity contribution >= 4 is 27.5 Å². The van der Waals surface area contributed by atoms with Gasteiger partial charge in [0.05, 0.1) is 16.1 Å². The first-order chi connectivity index (χ1) is 17.0. The molecule has 2 aromatic rings. The number of aryl methyl sites for hydroxylation is 1. The molecule has 4 rings (SSSR count). The van der Waals surface area contributed by atoms with Gasteiger partial charge < -0.3 is 10.2 Å². The first-order valence-electron chi connectivity index (χ1n) is 11.8. The van der Waals surface area contributed by atoms with Crippen molar-refractivity contribution in [3.05, 3.63) is 59.7 Å². The molecule has 2 fully saturated rings. The van der Waals surface area contributed by atoms with E-state index in [1.165, 1.54) is 27.4 Å². The van der Waals surface area contributed by atoms with Crippen LogP contribution in [-0.2, 0) is 25.8 Å². The van der Waals surface area contributed by atoms with Gasteiger partial charge in [-0.05, 0) is 56.9 Å². The number of para-hydroxylation sites is 1. The number of benzene rings is 2. The van der Waals surface area contributed by atoms with Crippen LogP contribution in [0.1, 0.15) is 36.8 Å². The summed E-state index contributed by atoms with van der Waals surface area (Å²) in [7, 11) is -3.67. The van der Waals surface area contributed by atoms with Gasteiger partial charge in [0.25, 0.3) is 0 Å². The number of halogens is 3. The van der Waals surface area contributed by atoms with Crippen molar-refractivity contribution in [1.82, 2.24) is 9.21 Å². The Kier molecular flexibility index (Phi) is 7.42. The lowest BCUT2D eigenvalue weighted by molar-refractivity contribution is -0.141. The molecule has 2 saturated heterocycles. The third-order valence-electron chi connectivity index (χ3n) is 6.79. The van der Waals surface area contributed by atoms with Gasteiger partial charge >= 0.3 is 6.18 Å². The van der Waals surface area contributed by atoms with E-state index >= 15 is 0 Å². The SMILES string of the molecule is Cc1ccc(S(=O)(=O)N2CCC(C(=O)N3CCCC3C(=O)Nc3ccccc3C(F)(F)F)CC2)cc1. The first-order valence-corrected chi connectivity index (χ1v) is 13.3. The van der Waals surface area contributed by atoms with E-state index in [1.54, 1.807) is 24.3 Å². The Hall–Kier alpha value is -2.92. The molecular weight excluding hydrogens is 495 g/mol. The summed E-state index contributed by atoms with van der Waals surface area (Å²) in [5.41, 5.74) is -0.343. The molecule has 194 valence electrons. The highest BCUT2D eigenvalue weighted by molar-refractivity contribution is 7.89. The lowest BCUT2D eigenvalue weighted by Crippen LogP contribution is -2.48. The van der Waals surface area contributed by atoms with Crippen LogP contribution in [0.3, 0.4) is 0 Å². The zero-order valence-electron chi connectivity index (χ0n) is 19.8. The topological polar surface area (TPSA) is 86.8 Å². The number of hydrogen-bond acceptors (Lipinski definition) is 4. The Labute approximate surface area is 208 Å². The smallest absolute Gasteiger partial charge is 0.330 e. The average molecular weight is 524 g/mol. The minimum absolute atomic E-state index is 0.177. The largest absolute Gasteiger partial charge is 0.418 e. The summed E-state index contributed by atoms with van der Waals surface area (Å²) in [4.78, 5) is 27.8. The third-order valence-corrected chi connectivity index (χ3v) is 8.70. The maximum atomic E-state index is 13.3. The fourth-order valence-electron chi connectivity index (χ4n) is 4.80. The average Bonchev–Trinajstić information content (AvgIpc) is 3.34. The van der Waals surface area contributed by atoms with Crippen molar-refractivity contribution in [2.45, 2.75) is 49.7 Å². The minimum atomic E-state index is -4.62. The number of hydrogen-bond donors (Lipinski definition) is 1. The van der Waals surface area contributed by atoms with Crippen LogP contribution >= 0.6 is 0 Å². The highest BCUT2D eigenvalue weighted by atomic mass is 32.2. The number of piperidine rings is 1. The Balaban J connectivity index is 1.40. The van der Waals surface area contributed by atoms with Crippen molar-refractivity contribution < 1.29 is 31.2 Å². The Morgan fingerprint density at radius 3 is 2.22 bits per heavy atom. The van der Waals surface area contributed by atoms with E-state index in [4.69, 9.17) is 0 Å². The van der Waals surface area contributed by atoms with E-state index in [-0.39, 0.29) is 29.6 Å². The molecule has 1 atom stereocenters. The van der Waals surface area contributed by atoms with Crippen LogP contribution in [0.5, 0.6) is 0 Å². The molecule has 2 amide bonds. The molecule has 2 aliphatic rings. The Morgan fingerprint density at radius 1 is 0.944 bits per heavy atom. The maximum Gasteiger partial charge on any atom is 0.418 e. The Bertz CT molecular complexity index is 1220. The monoisotopic (exact) mass is 523 g/mol. The second-order valence-electron chi connectivity index (χ2n) is 9.21. The summed E-state index contributed by atoms with van der Waals surface area (Å²) in [5, 5.41) is 2.36. The number of rotatable bonds is 5. The van der Waals surface area contributed by atoms with Crippen molar-refractivity contribution in [3.63, 3.8) is 0 Å². The van der Waals surface area contributed by atoms with Gasteiger partial charge in [0.1, 0.15) is 6.04 Å². The maximum absolute atomic E-state index is 13.3. The van der Waals surface area contributed by atoms with Crippen LogP contribution in [0.25, 0.3) is 0 Å². The summed E-state index contributed by atoms with van der Waals surface area (Å²) < 4.78 is 67.2. The summed E-state index contributed by atoms with van der Waals surface area (Å²) >= 11 is 0.